The number of aryl methyl sites for hydroxylation is 1. The molecule has 0 saturated carbocycles. The number of hydrogen-bond acceptors (Lipinski definition) is 6. The van der Waals surface area contributed by atoms with Gasteiger partial charge in [-0.3, -0.25) is 4.79 Å². The Labute approximate surface area is 180 Å². The van der Waals surface area contributed by atoms with Crippen molar-refractivity contribution in [1.82, 2.24) is 20.6 Å². The Balaban J connectivity index is 1.58. The van der Waals surface area contributed by atoms with Crippen molar-refractivity contribution >= 4 is 5.91 Å². The van der Waals surface area contributed by atoms with Gasteiger partial charge in [-0.05, 0) is 17.9 Å². The van der Waals surface area contributed by atoms with Crippen LogP contribution in [0.15, 0.2) is 69.7 Å². The minimum absolute atomic E-state index is 0.190. The minimum Gasteiger partial charge on any atom is -0.355 e. The molecule has 1 atom stereocenters. The summed E-state index contributed by atoms with van der Waals surface area (Å²) < 4.78 is 10.9. The van der Waals surface area contributed by atoms with Gasteiger partial charge >= 0.3 is 0 Å². The molecule has 7 heteroatoms. The first-order valence-electron chi connectivity index (χ1n) is 10.1. The summed E-state index contributed by atoms with van der Waals surface area (Å²) in [6.45, 7) is 7.96. The Morgan fingerprint density at radius 1 is 0.968 bits per heavy atom. The van der Waals surface area contributed by atoms with Crippen LogP contribution in [0.3, 0.4) is 0 Å². The summed E-state index contributed by atoms with van der Waals surface area (Å²) in [4.78, 5) is 17.5. The van der Waals surface area contributed by atoms with Crippen LogP contribution < -0.4 is 5.32 Å². The molecule has 0 spiro atoms. The number of carbonyl (C=O) groups is 1. The monoisotopic (exact) mass is 416 g/mol. The maximum atomic E-state index is 13.0. The standard InChI is InChI=1S/C24H24N4O3/c1-15-10-8-9-13-17(15)19-14-18(27-30-19)22(29)25-20(24(2,3)4)23-26-21(28-31-23)16-11-6-5-7-12-16/h5-14,20H,1-4H3,(H,25,29)/t20-/m1/s1. The van der Waals surface area contributed by atoms with E-state index in [1.807, 2.05) is 82.3 Å². The fourth-order valence-electron chi connectivity index (χ4n) is 3.27. The number of benzene rings is 2. The lowest BCUT2D eigenvalue weighted by Crippen LogP contribution is -2.37. The van der Waals surface area contributed by atoms with Gasteiger partial charge in [0, 0.05) is 17.2 Å². The number of rotatable bonds is 5. The maximum Gasteiger partial charge on any atom is 0.274 e. The van der Waals surface area contributed by atoms with Gasteiger partial charge in [0.2, 0.25) is 11.7 Å². The molecule has 0 radical (unpaired) electrons. The molecule has 4 aromatic rings. The second-order valence-electron chi connectivity index (χ2n) is 8.49. The van der Waals surface area contributed by atoms with Crippen molar-refractivity contribution in [2.24, 2.45) is 5.41 Å². The number of nitrogens with one attached hydrogen (secondary N) is 1. The highest BCUT2D eigenvalue weighted by molar-refractivity contribution is 5.93. The van der Waals surface area contributed by atoms with Crippen molar-refractivity contribution in [3.63, 3.8) is 0 Å². The Hall–Kier alpha value is -3.74. The van der Waals surface area contributed by atoms with Crippen LogP contribution >= 0.6 is 0 Å². The smallest absolute Gasteiger partial charge is 0.274 e. The van der Waals surface area contributed by atoms with E-state index in [9.17, 15) is 4.79 Å². The Bertz CT molecular complexity index is 1190. The van der Waals surface area contributed by atoms with Gasteiger partial charge in [0.05, 0.1) is 0 Å². The van der Waals surface area contributed by atoms with E-state index < -0.39 is 6.04 Å². The fourth-order valence-corrected chi connectivity index (χ4v) is 3.27. The summed E-state index contributed by atoms with van der Waals surface area (Å²) in [5, 5.41) is 11.0. The summed E-state index contributed by atoms with van der Waals surface area (Å²) in [6.07, 6.45) is 0. The molecule has 0 aliphatic carbocycles. The number of amides is 1. The van der Waals surface area contributed by atoms with Crippen molar-refractivity contribution < 1.29 is 13.8 Å². The van der Waals surface area contributed by atoms with E-state index in [0.717, 1.165) is 16.7 Å². The van der Waals surface area contributed by atoms with E-state index >= 15 is 0 Å². The topological polar surface area (TPSA) is 94.1 Å². The predicted octanol–water partition coefficient (Wildman–Crippen LogP) is 5.22. The Morgan fingerprint density at radius 3 is 2.39 bits per heavy atom. The summed E-state index contributed by atoms with van der Waals surface area (Å²) in [7, 11) is 0. The zero-order chi connectivity index (χ0) is 22.0. The minimum atomic E-state index is -0.511. The van der Waals surface area contributed by atoms with E-state index in [4.69, 9.17) is 9.05 Å². The van der Waals surface area contributed by atoms with E-state index in [0.29, 0.717) is 17.5 Å². The number of hydrogen-bond donors (Lipinski definition) is 1. The first-order valence-corrected chi connectivity index (χ1v) is 10.1. The molecule has 158 valence electrons. The van der Waals surface area contributed by atoms with Crippen LogP contribution in [0, 0.1) is 12.3 Å². The van der Waals surface area contributed by atoms with Gasteiger partial charge in [0.15, 0.2) is 11.5 Å². The first kappa shape index (κ1) is 20.5. The molecule has 0 unspecified atom stereocenters. The maximum absolute atomic E-state index is 13.0. The molecule has 0 fully saturated rings. The van der Waals surface area contributed by atoms with Crippen LogP contribution in [0.25, 0.3) is 22.7 Å². The lowest BCUT2D eigenvalue weighted by atomic mass is 9.86. The molecule has 0 saturated heterocycles. The second-order valence-corrected chi connectivity index (χ2v) is 8.49. The van der Waals surface area contributed by atoms with Crippen molar-refractivity contribution in [3.05, 3.63) is 77.8 Å². The molecule has 0 bridgehead atoms. The average Bonchev–Trinajstić information content (AvgIpc) is 3.42. The average molecular weight is 416 g/mol. The van der Waals surface area contributed by atoms with E-state index in [2.05, 4.69) is 20.6 Å². The predicted molar refractivity (Wildman–Crippen MR) is 116 cm³/mol. The highest BCUT2D eigenvalue weighted by Gasteiger charge is 2.34. The molecule has 1 amide bonds. The van der Waals surface area contributed by atoms with Crippen LogP contribution in [-0.4, -0.2) is 21.2 Å². The summed E-state index contributed by atoms with van der Waals surface area (Å²) in [5.74, 6) is 0.979. The van der Waals surface area contributed by atoms with Crippen LogP contribution in [0.2, 0.25) is 0 Å². The summed E-state index contributed by atoms with van der Waals surface area (Å²) >= 11 is 0. The fraction of sp³-hybridized carbons (Fsp3) is 0.250. The Kier molecular flexibility index (Phi) is 5.42. The van der Waals surface area contributed by atoms with Crippen molar-refractivity contribution in [2.45, 2.75) is 33.7 Å². The van der Waals surface area contributed by atoms with Gasteiger partial charge in [0.1, 0.15) is 6.04 Å². The van der Waals surface area contributed by atoms with Gasteiger partial charge in [-0.25, -0.2) is 0 Å². The third-order valence-corrected chi connectivity index (χ3v) is 5.02. The third kappa shape index (κ3) is 4.40. The highest BCUT2D eigenvalue weighted by atomic mass is 16.5. The summed E-state index contributed by atoms with van der Waals surface area (Å²) in [5.41, 5.74) is 2.59. The van der Waals surface area contributed by atoms with Crippen LogP contribution in [0.4, 0.5) is 0 Å². The number of carbonyl (C=O) groups excluding carboxylic acids is 1. The molecule has 7 nitrogen and oxygen atoms in total. The second kappa shape index (κ2) is 8.18. The molecular weight excluding hydrogens is 392 g/mol. The molecule has 2 aromatic carbocycles. The zero-order valence-electron chi connectivity index (χ0n) is 17.9. The SMILES string of the molecule is Cc1ccccc1-c1cc(C(=O)N[C@H](c2nc(-c3ccccc3)no2)C(C)(C)C)no1. The Morgan fingerprint density at radius 2 is 1.68 bits per heavy atom. The van der Waals surface area contributed by atoms with Crippen LogP contribution in [0.1, 0.15) is 48.8 Å². The summed E-state index contributed by atoms with van der Waals surface area (Å²) in [6, 6.07) is 18.5. The molecule has 2 aromatic heterocycles. The largest absolute Gasteiger partial charge is 0.355 e. The number of nitrogens with zero attached hydrogens (tertiary/aromatic N) is 3. The van der Waals surface area contributed by atoms with Crippen molar-refractivity contribution in [2.75, 3.05) is 0 Å². The lowest BCUT2D eigenvalue weighted by Gasteiger charge is -2.27. The van der Waals surface area contributed by atoms with Crippen molar-refractivity contribution in [3.8, 4) is 22.7 Å². The van der Waals surface area contributed by atoms with Gasteiger partial charge in [-0.1, -0.05) is 85.7 Å². The molecule has 4 rings (SSSR count). The zero-order valence-corrected chi connectivity index (χ0v) is 17.9. The molecule has 0 aliphatic rings. The van der Waals surface area contributed by atoms with E-state index in [1.54, 1.807) is 6.07 Å². The van der Waals surface area contributed by atoms with Crippen LogP contribution in [0.5, 0.6) is 0 Å². The third-order valence-electron chi connectivity index (χ3n) is 5.02. The lowest BCUT2D eigenvalue weighted by molar-refractivity contribution is 0.0871. The number of aromatic nitrogens is 3. The van der Waals surface area contributed by atoms with Gasteiger partial charge < -0.3 is 14.4 Å². The van der Waals surface area contributed by atoms with Crippen LogP contribution in [-0.2, 0) is 0 Å². The molecule has 0 aliphatic heterocycles. The first-order chi connectivity index (χ1) is 14.8. The van der Waals surface area contributed by atoms with E-state index in [-0.39, 0.29) is 17.0 Å². The molecule has 1 N–H and O–H groups in total. The van der Waals surface area contributed by atoms with Crippen molar-refractivity contribution in [1.29, 1.82) is 0 Å². The molecule has 2 heterocycles. The molecular formula is C24H24N4O3. The quantitative estimate of drug-likeness (QED) is 0.479. The normalized spacial score (nSPS) is 12.5. The van der Waals surface area contributed by atoms with Gasteiger partial charge in [0.25, 0.3) is 5.91 Å². The highest BCUT2D eigenvalue weighted by Crippen LogP contribution is 2.33. The van der Waals surface area contributed by atoms with E-state index in [1.165, 1.54) is 0 Å². The molecule has 31 heavy (non-hydrogen) atoms. The van der Waals surface area contributed by atoms with Gasteiger partial charge in [-0.2, -0.15) is 4.98 Å². The van der Waals surface area contributed by atoms with Gasteiger partial charge in [-0.15, -0.1) is 0 Å².